The summed E-state index contributed by atoms with van der Waals surface area (Å²) in [5.41, 5.74) is 0.795. The van der Waals surface area contributed by atoms with Crippen molar-refractivity contribution in [2.45, 2.75) is 51.0 Å². The first-order valence-electron chi connectivity index (χ1n) is 10.5. The van der Waals surface area contributed by atoms with E-state index in [9.17, 15) is 14.4 Å². The van der Waals surface area contributed by atoms with Gasteiger partial charge in [-0.25, -0.2) is 0 Å². The van der Waals surface area contributed by atoms with Crippen LogP contribution in [0.4, 0.5) is 5.69 Å². The van der Waals surface area contributed by atoms with Gasteiger partial charge in [0.2, 0.25) is 17.7 Å². The molecule has 1 aliphatic heterocycles. The molecule has 1 N–H and O–H groups in total. The summed E-state index contributed by atoms with van der Waals surface area (Å²) in [6, 6.07) is 7.55. The van der Waals surface area contributed by atoms with E-state index < -0.39 is 0 Å². The monoisotopic (exact) mass is 444 g/mol. The number of fused-ring (bicyclic) bond motifs is 5. The molecule has 0 radical (unpaired) electrons. The zero-order valence-corrected chi connectivity index (χ0v) is 17.4. The van der Waals surface area contributed by atoms with Gasteiger partial charge >= 0.3 is 0 Å². The van der Waals surface area contributed by atoms with Crippen molar-refractivity contribution in [2.75, 3.05) is 5.32 Å². The molecule has 0 aromatic heterocycles. The Hall–Kier alpha value is -1.69. The van der Waals surface area contributed by atoms with Gasteiger partial charge in [0.05, 0.1) is 11.8 Å². The van der Waals surface area contributed by atoms with E-state index >= 15 is 0 Å². The summed E-state index contributed by atoms with van der Waals surface area (Å²) in [7, 11) is 0. The predicted molar refractivity (Wildman–Crippen MR) is 108 cm³/mol. The topological polar surface area (TPSA) is 66.5 Å². The maximum absolute atomic E-state index is 13.0. The molecule has 4 atom stereocenters. The van der Waals surface area contributed by atoms with Crippen LogP contribution in [0.15, 0.2) is 28.7 Å². The largest absolute Gasteiger partial charge is 0.326 e. The summed E-state index contributed by atoms with van der Waals surface area (Å²) in [6.07, 6.45) is 6.24. The van der Waals surface area contributed by atoms with Crippen molar-refractivity contribution in [1.82, 2.24) is 4.90 Å². The van der Waals surface area contributed by atoms with Crippen LogP contribution in [-0.2, 0) is 14.4 Å². The van der Waals surface area contributed by atoms with E-state index in [1.165, 1.54) is 0 Å². The number of amides is 3. The van der Waals surface area contributed by atoms with E-state index in [2.05, 4.69) is 21.2 Å². The zero-order valence-electron chi connectivity index (χ0n) is 15.8. The highest BCUT2D eigenvalue weighted by molar-refractivity contribution is 9.10. The Morgan fingerprint density at radius 2 is 1.46 bits per heavy atom. The zero-order chi connectivity index (χ0) is 19.4. The first-order chi connectivity index (χ1) is 13.5. The number of nitrogens with zero attached hydrogens (tertiary/aromatic N) is 1. The smallest absolute Gasteiger partial charge is 0.233 e. The Morgan fingerprint density at radius 3 is 2.04 bits per heavy atom. The number of rotatable bonds is 3. The Bertz CT molecular complexity index is 788. The molecule has 4 unspecified atom stereocenters. The molecule has 28 heavy (non-hydrogen) atoms. The van der Waals surface area contributed by atoms with E-state index in [1.54, 1.807) is 4.90 Å². The third-order valence-electron chi connectivity index (χ3n) is 7.51. The van der Waals surface area contributed by atoms with Gasteiger partial charge in [-0.05, 0) is 81.0 Å². The standard InChI is InChI=1S/C22H25BrN2O3/c23-15-5-7-16(8-6-15)24-20(26)12-3-9-17(10-4-12)25-21(27)18-13-1-2-14(11-13)19(18)22(25)28/h5-8,12-14,17-19H,1-4,9-11H2,(H,24,26). The fraction of sp³-hybridized carbons (Fsp3) is 0.591. The van der Waals surface area contributed by atoms with Gasteiger partial charge in [0.15, 0.2) is 0 Å². The van der Waals surface area contributed by atoms with Crippen molar-refractivity contribution in [3.63, 3.8) is 0 Å². The van der Waals surface area contributed by atoms with Gasteiger partial charge in [0.25, 0.3) is 0 Å². The molecule has 4 aliphatic rings. The minimum absolute atomic E-state index is 0.0123. The van der Waals surface area contributed by atoms with Crippen LogP contribution in [0.3, 0.4) is 0 Å². The number of anilines is 1. The molecular weight excluding hydrogens is 420 g/mol. The number of nitrogens with one attached hydrogen (secondary N) is 1. The summed E-state index contributed by atoms with van der Waals surface area (Å²) in [4.78, 5) is 40.2. The minimum atomic E-state index is -0.0524. The second-order valence-electron chi connectivity index (χ2n) is 8.93. The van der Waals surface area contributed by atoms with Gasteiger partial charge in [-0.1, -0.05) is 15.9 Å². The third-order valence-corrected chi connectivity index (χ3v) is 8.03. The van der Waals surface area contributed by atoms with Gasteiger partial charge in [-0.2, -0.15) is 0 Å². The van der Waals surface area contributed by atoms with Gasteiger partial charge in [0, 0.05) is 22.1 Å². The first kappa shape index (κ1) is 18.3. The normalized spacial score (nSPS) is 36.7. The number of imide groups is 1. The van der Waals surface area contributed by atoms with Crippen LogP contribution < -0.4 is 5.32 Å². The van der Waals surface area contributed by atoms with Gasteiger partial charge < -0.3 is 5.32 Å². The number of likely N-dealkylation sites (tertiary alicyclic amines) is 1. The van der Waals surface area contributed by atoms with E-state index in [0.29, 0.717) is 11.8 Å². The summed E-state index contributed by atoms with van der Waals surface area (Å²) >= 11 is 3.39. The molecule has 1 aromatic rings. The lowest BCUT2D eigenvalue weighted by molar-refractivity contribution is -0.144. The molecule has 2 bridgehead atoms. The second-order valence-corrected chi connectivity index (χ2v) is 9.85. The Kier molecular flexibility index (Phi) is 4.57. The number of hydrogen-bond donors (Lipinski definition) is 1. The molecule has 1 saturated heterocycles. The maximum Gasteiger partial charge on any atom is 0.233 e. The Balaban J connectivity index is 1.20. The van der Waals surface area contributed by atoms with Gasteiger partial charge in [-0.15, -0.1) is 0 Å². The Labute approximate surface area is 173 Å². The van der Waals surface area contributed by atoms with Gasteiger partial charge in [0.1, 0.15) is 0 Å². The molecule has 1 heterocycles. The number of hydrogen-bond acceptors (Lipinski definition) is 3. The molecular formula is C22H25BrN2O3. The van der Waals surface area contributed by atoms with E-state index in [-0.39, 0.29) is 41.5 Å². The quantitative estimate of drug-likeness (QED) is 0.716. The van der Waals surface area contributed by atoms with Crippen molar-refractivity contribution < 1.29 is 14.4 Å². The summed E-state index contributed by atoms with van der Waals surface area (Å²) in [5, 5.41) is 2.99. The van der Waals surface area contributed by atoms with Crippen molar-refractivity contribution in [3.05, 3.63) is 28.7 Å². The summed E-state index contributed by atoms with van der Waals surface area (Å²) in [5.74, 6) is 0.955. The Morgan fingerprint density at radius 1 is 0.893 bits per heavy atom. The fourth-order valence-electron chi connectivity index (χ4n) is 6.17. The van der Waals surface area contributed by atoms with Crippen LogP contribution in [0.5, 0.6) is 0 Å². The van der Waals surface area contributed by atoms with E-state index in [0.717, 1.165) is 55.1 Å². The average molecular weight is 445 g/mol. The van der Waals surface area contributed by atoms with Crippen LogP contribution in [-0.4, -0.2) is 28.7 Å². The second kappa shape index (κ2) is 6.97. The SMILES string of the molecule is O=C(Nc1ccc(Br)cc1)C1CCC(N2C(=O)C3C4CCC(C4)C3C2=O)CC1. The molecule has 5 nitrogen and oxygen atoms in total. The number of benzene rings is 1. The van der Waals surface area contributed by atoms with Crippen LogP contribution in [0.2, 0.25) is 0 Å². The third kappa shape index (κ3) is 2.92. The number of halogens is 1. The van der Waals surface area contributed by atoms with Crippen LogP contribution >= 0.6 is 15.9 Å². The first-order valence-corrected chi connectivity index (χ1v) is 11.3. The van der Waals surface area contributed by atoms with Crippen LogP contribution in [0.25, 0.3) is 0 Å². The van der Waals surface area contributed by atoms with Crippen molar-refractivity contribution in [3.8, 4) is 0 Å². The summed E-state index contributed by atoms with van der Waals surface area (Å²) < 4.78 is 0.976. The molecule has 0 spiro atoms. The molecule has 1 aromatic carbocycles. The molecule has 3 saturated carbocycles. The van der Waals surface area contributed by atoms with Crippen molar-refractivity contribution in [2.24, 2.45) is 29.6 Å². The lowest BCUT2D eigenvalue weighted by atomic mass is 9.81. The number of carbonyl (C=O) groups is 3. The molecule has 148 valence electrons. The number of carbonyl (C=O) groups excluding carboxylic acids is 3. The average Bonchev–Trinajstić information content (AvgIpc) is 3.38. The lowest BCUT2D eigenvalue weighted by Crippen LogP contribution is -2.44. The summed E-state index contributed by atoms with van der Waals surface area (Å²) in [6.45, 7) is 0. The molecule has 4 fully saturated rings. The van der Waals surface area contributed by atoms with Crippen LogP contribution in [0, 0.1) is 29.6 Å². The predicted octanol–water partition coefficient (Wildman–Crippen LogP) is 3.98. The maximum atomic E-state index is 13.0. The highest BCUT2D eigenvalue weighted by atomic mass is 79.9. The molecule has 3 aliphatic carbocycles. The van der Waals surface area contributed by atoms with E-state index in [1.807, 2.05) is 24.3 Å². The van der Waals surface area contributed by atoms with Gasteiger partial charge in [-0.3, -0.25) is 19.3 Å². The highest BCUT2D eigenvalue weighted by Crippen LogP contribution is 2.56. The highest BCUT2D eigenvalue weighted by Gasteiger charge is 2.61. The van der Waals surface area contributed by atoms with E-state index in [4.69, 9.17) is 0 Å². The van der Waals surface area contributed by atoms with Crippen LogP contribution in [0.1, 0.15) is 44.9 Å². The molecule has 6 heteroatoms. The lowest BCUT2D eigenvalue weighted by Gasteiger charge is -2.33. The molecule has 5 rings (SSSR count). The van der Waals surface area contributed by atoms with Crippen molar-refractivity contribution >= 4 is 39.3 Å². The van der Waals surface area contributed by atoms with Crippen molar-refractivity contribution in [1.29, 1.82) is 0 Å². The fourth-order valence-corrected chi connectivity index (χ4v) is 6.43. The molecule has 3 amide bonds. The minimum Gasteiger partial charge on any atom is -0.326 e.